The lowest BCUT2D eigenvalue weighted by atomic mass is 9.53. The van der Waals surface area contributed by atoms with E-state index in [0.29, 0.717) is 6.61 Å². The number of allylic oxidation sites excluding steroid dienone is 1. The molecule has 158 valence electrons. The van der Waals surface area contributed by atoms with Crippen molar-refractivity contribution in [3.63, 3.8) is 0 Å². The van der Waals surface area contributed by atoms with Crippen LogP contribution < -0.4 is 10.7 Å². The molecule has 7 nitrogen and oxygen atoms in total. The fraction of sp³-hybridized carbons (Fsp3) is 0.478. The third-order valence-electron chi connectivity index (χ3n) is 6.50. The van der Waals surface area contributed by atoms with Crippen molar-refractivity contribution in [2.75, 3.05) is 6.61 Å². The van der Waals surface area contributed by atoms with Crippen molar-refractivity contribution in [3.8, 4) is 0 Å². The van der Waals surface area contributed by atoms with E-state index in [1.54, 1.807) is 5.01 Å². The number of aliphatic hydroxyl groups is 1. The topological polar surface area (TPSA) is 86.2 Å². The molecule has 0 aromatic heterocycles. The highest BCUT2D eigenvalue weighted by Crippen LogP contribution is 2.55. The molecule has 0 radical (unpaired) electrons. The van der Waals surface area contributed by atoms with Gasteiger partial charge in [0.1, 0.15) is 11.6 Å². The molecule has 2 heterocycles. The molecule has 1 atom stereocenters. The Hall–Kier alpha value is -2.64. The molecular formula is C23H28N4O3. The molecule has 30 heavy (non-hydrogen) atoms. The zero-order valence-electron chi connectivity index (χ0n) is 17.2. The minimum Gasteiger partial charge on any atom is -0.492 e. The van der Waals surface area contributed by atoms with Gasteiger partial charge in [-0.2, -0.15) is 5.43 Å². The van der Waals surface area contributed by atoms with Crippen LogP contribution in [0.2, 0.25) is 0 Å². The van der Waals surface area contributed by atoms with Gasteiger partial charge in [-0.05, 0) is 55.2 Å². The summed E-state index contributed by atoms with van der Waals surface area (Å²) in [7, 11) is 0. The molecule has 2 aliphatic carbocycles. The van der Waals surface area contributed by atoms with Gasteiger partial charge < -0.3 is 15.2 Å². The summed E-state index contributed by atoms with van der Waals surface area (Å²) < 4.78 is 5.93. The quantitative estimate of drug-likeness (QED) is 0.670. The van der Waals surface area contributed by atoms with E-state index >= 15 is 0 Å². The third kappa shape index (κ3) is 3.75. The van der Waals surface area contributed by atoms with E-state index in [2.05, 4.69) is 27.9 Å². The summed E-state index contributed by atoms with van der Waals surface area (Å²) in [6, 6.07) is 10.4. The van der Waals surface area contributed by atoms with Crippen molar-refractivity contribution in [2.45, 2.75) is 57.3 Å². The van der Waals surface area contributed by atoms with Crippen LogP contribution in [-0.2, 0) is 16.0 Å². The number of fused-ring (bicyclic) bond motifs is 1. The van der Waals surface area contributed by atoms with Crippen LogP contribution in [0.4, 0.5) is 0 Å². The molecule has 1 aromatic rings. The fourth-order valence-corrected chi connectivity index (χ4v) is 5.01. The summed E-state index contributed by atoms with van der Waals surface area (Å²) in [4.78, 5) is 17.2. The van der Waals surface area contributed by atoms with Crippen LogP contribution in [0.3, 0.4) is 0 Å². The summed E-state index contributed by atoms with van der Waals surface area (Å²) in [5, 5.41) is 14.4. The van der Waals surface area contributed by atoms with Gasteiger partial charge >= 0.3 is 0 Å². The van der Waals surface area contributed by atoms with Crippen LogP contribution >= 0.6 is 0 Å². The number of amidine groups is 1. The number of hydrogen-bond acceptors (Lipinski definition) is 6. The molecule has 2 fully saturated rings. The van der Waals surface area contributed by atoms with Gasteiger partial charge in [0.2, 0.25) is 0 Å². The Morgan fingerprint density at radius 1 is 1.30 bits per heavy atom. The largest absolute Gasteiger partial charge is 0.492 e. The van der Waals surface area contributed by atoms with Gasteiger partial charge in [-0.1, -0.05) is 30.3 Å². The second-order valence-corrected chi connectivity index (χ2v) is 8.97. The standard InChI is InChI=1S/C23H28N4O3/c1-15-9-19(30-8-7-16-5-3-2-4-6-16)14-27-21(15)25-20(26-27)22(29)24-17-10-23(11-17)12-18(28)13-23/h2-6,9,14,17-18,20,26,28H,7-8,10-13H2,1H3,(H,24,29). The van der Waals surface area contributed by atoms with Crippen molar-refractivity contribution < 1.29 is 14.6 Å². The molecule has 1 amide bonds. The van der Waals surface area contributed by atoms with Gasteiger partial charge in [-0.15, -0.1) is 0 Å². The minimum atomic E-state index is -0.633. The predicted octanol–water partition coefficient (Wildman–Crippen LogP) is 2.01. The summed E-state index contributed by atoms with van der Waals surface area (Å²) in [5.41, 5.74) is 5.62. The van der Waals surface area contributed by atoms with E-state index < -0.39 is 6.17 Å². The average molecular weight is 409 g/mol. The Kier molecular flexibility index (Phi) is 4.87. The van der Waals surface area contributed by atoms with E-state index in [9.17, 15) is 9.90 Å². The van der Waals surface area contributed by atoms with Crippen LogP contribution in [0, 0.1) is 5.41 Å². The van der Waals surface area contributed by atoms with E-state index in [4.69, 9.17) is 4.74 Å². The van der Waals surface area contributed by atoms with E-state index in [1.165, 1.54) is 5.56 Å². The number of benzene rings is 1. The van der Waals surface area contributed by atoms with Crippen molar-refractivity contribution in [3.05, 3.63) is 59.5 Å². The molecule has 4 aliphatic rings. The molecule has 1 aromatic carbocycles. The van der Waals surface area contributed by atoms with Crippen LogP contribution in [0.15, 0.2) is 58.9 Å². The second-order valence-electron chi connectivity index (χ2n) is 8.97. The maximum absolute atomic E-state index is 12.7. The lowest BCUT2D eigenvalue weighted by Crippen LogP contribution is -2.59. The number of carbonyl (C=O) groups is 1. The van der Waals surface area contributed by atoms with Crippen LogP contribution in [-0.4, -0.2) is 46.8 Å². The molecular weight excluding hydrogens is 380 g/mol. The number of aliphatic hydroxyl groups excluding tert-OH is 1. The first-order chi connectivity index (χ1) is 14.5. The van der Waals surface area contributed by atoms with Crippen molar-refractivity contribution in [1.82, 2.24) is 15.8 Å². The molecule has 0 bridgehead atoms. The number of nitrogens with one attached hydrogen (secondary N) is 2. The maximum atomic E-state index is 12.7. The van der Waals surface area contributed by atoms with Gasteiger partial charge in [0.25, 0.3) is 5.91 Å². The zero-order chi connectivity index (χ0) is 20.7. The highest BCUT2D eigenvalue weighted by atomic mass is 16.5. The SMILES string of the molecule is CC1=CC(OCCc2ccccc2)=CN2NC(C(=O)NC3CC4(CC(O)C4)C3)N=C12. The van der Waals surface area contributed by atoms with Gasteiger partial charge in [-0.3, -0.25) is 9.80 Å². The number of ether oxygens (including phenoxy) is 1. The number of aliphatic imine (C=N–C) groups is 1. The van der Waals surface area contributed by atoms with Crippen molar-refractivity contribution in [2.24, 2.45) is 10.4 Å². The first kappa shape index (κ1) is 19.3. The number of hydrogen-bond donors (Lipinski definition) is 3. The monoisotopic (exact) mass is 408 g/mol. The molecule has 0 saturated heterocycles. The van der Waals surface area contributed by atoms with Crippen molar-refractivity contribution in [1.29, 1.82) is 0 Å². The average Bonchev–Trinajstić information content (AvgIpc) is 3.11. The van der Waals surface area contributed by atoms with Crippen LogP contribution in [0.5, 0.6) is 0 Å². The van der Waals surface area contributed by atoms with Gasteiger partial charge in [-0.25, -0.2) is 4.99 Å². The highest BCUT2D eigenvalue weighted by Gasteiger charge is 2.53. The number of rotatable bonds is 6. The van der Waals surface area contributed by atoms with E-state index in [1.807, 2.05) is 37.4 Å². The molecule has 1 spiro atoms. The number of amides is 1. The van der Waals surface area contributed by atoms with Crippen LogP contribution in [0.25, 0.3) is 0 Å². The van der Waals surface area contributed by atoms with E-state index in [0.717, 1.165) is 49.3 Å². The van der Waals surface area contributed by atoms with Crippen molar-refractivity contribution >= 4 is 11.7 Å². The number of carbonyl (C=O) groups excluding carboxylic acids is 1. The molecule has 7 heteroatoms. The lowest BCUT2D eigenvalue weighted by Gasteiger charge is -2.56. The Bertz CT molecular complexity index is 910. The summed E-state index contributed by atoms with van der Waals surface area (Å²) in [5.74, 6) is 1.39. The van der Waals surface area contributed by atoms with Gasteiger partial charge in [0.05, 0.1) is 18.9 Å². The third-order valence-corrected chi connectivity index (χ3v) is 6.50. The Balaban J connectivity index is 1.13. The molecule has 5 rings (SSSR count). The lowest BCUT2D eigenvalue weighted by molar-refractivity contribution is -0.130. The second kappa shape index (κ2) is 7.56. The van der Waals surface area contributed by atoms with Gasteiger partial charge in [0, 0.05) is 12.5 Å². The number of hydrazine groups is 1. The summed E-state index contributed by atoms with van der Waals surface area (Å²) in [6.07, 6.45) is 7.53. The number of nitrogens with zero attached hydrogens (tertiary/aromatic N) is 2. The maximum Gasteiger partial charge on any atom is 0.261 e. The first-order valence-electron chi connectivity index (χ1n) is 10.7. The Labute approximate surface area is 176 Å². The fourth-order valence-electron chi connectivity index (χ4n) is 5.01. The minimum absolute atomic E-state index is 0.107. The normalized spacial score (nSPS) is 31.7. The van der Waals surface area contributed by atoms with E-state index in [-0.39, 0.29) is 23.5 Å². The highest BCUT2D eigenvalue weighted by molar-refractivity contribution is 6.02. The Morgan fingerprint density at radius 3 is 2.80 bits per heavy atom. The molecule has 3 N–H and O–H groups in total. The molecule has 1 unspecified atom stereocenters. The summed E-state index contributed by atoms with van der Waals surface area (Å²) >= 11 is 0. The first-order valence-corrected chi connectivity index (χ1v) is 10.7. The molecule has 2 saturated carbocycles. The van der Waals surface area contributed by atoms with Gasteiger partial charge in [0.15, 0.2) is 6.17 Å². The predicted molar refractivity (Wildman–Crippen MR) is 113 cm³/mol. The summed E-state index contributed by atoms with van der Waals surface area (Å²) in [6.45, 7) is 2.56. The Morgan fingerprint density at radius 2 is 2.07 bits per heavy atom. The van der Waals surface area contributed by atoms with Crippen LogP contribution in [0.1, 0.15) is 38.2 Å². The molecule has 2 aliphatic heterocycles. The smallest absolute Gasteiger partial charge is 0.261 e. The zero-order valence-corrected chi connectivity index (χ0v) is 17.2.